The van der Waals surface area contributed by atoms with Gasteiger partial charge < -0.3 is 33.4 Å². The number of amides is 1. The number of imidazole rings is 1. The number of aromatic nitrogens is 5. The van der Waals surface area contributed by atoms with Crippen LogP contribution in [0.1, 0.15) is 29.2 Å². The van der Waals surface area contributed by atoms with Gasteiger partial charge in [-0.1, -0.05) is 60.7 Å². The highest BCUT2D eigenvalue weighted by molar-refractivity contribution is 7.07. The molecule has 7 aromatic rings. The van der Waals surface area contributed by atoms with Gasteiger partial charge in [0.05, 0.1) is 61.5 Å². The molecule has 0 spiro atoms. The fourth-order valence-electron chi connectivity index (χ4n) is 6.13. The van der Waals surface area contributed by atoms with Gasteiger partial charge in [0.25, 0.3) is 5.91 Å². The van der Waals surface area contributed by atoms with Gasteiger partial charge in [0.2, 0.25) is 11.8 Å². The monoisotopic (exact) mass is 883 g/mol. The van der Waals surface area contributed by atoms with Crippen LogP contribution in [0.15, 0.2) is 121 Å². The zero-order valence-electron chi connectivity index (χ0n) is 36.1. The lowest BCUT2D eigenvalue weighted by atomic mass is 10.1. The Morgan fingerprint density at radius 2 is 1.48 bits per heavy atom. The van der Waals surface area contributed by atoms with Crippen LogP contribution in [0.25, 0.3) is 28.1 Å². The van der Waals surface area contributed by atoms with Crippen molar-refractivity contribution < 1.29 is 42.8 Å². The topological polar surface area (TPSA) is 201 Å². The van der Waals surface area contributed by atoms with Gasteiger partial charge in [-0.05, 0) is 62.2 Å². The summed E-state index contributed by atoms with van der Waals surface area (Å²) in [5.41, 5.74) is 8.34. The minimum absolute atomic E-state index is 0.0882. The molecule has 1 N–H and O–H groups in total. The standard InChI is InChI=1S/C22H17N3O5.C15H21NO4.C10H7N3S/c1-27-13-17(22(26)28-2)16-8-4-6-10-19(16)30-21-11-20(24-14-25-21)29-18-9-5-3-7-15(18)12-23;1-10-7-6-8-11(2)14(10)16(13(17)9-19-4)12(3)15(18)20-5;1-2-4-8-7(3-1)12-10(13-8)9-5-14-6-11-9/h3-11,13-14H,1-2H3;6-8,12H,9H2,1-5H3;1-6H,(H,12,13)/b17-13+;;/t;12-;/m.1./s1. The normalized spacial score (nSPS) is 11.1. The van der Waals surface area contributed by atoms with Gasteiger partial charge >= 0.3 is 11.9 Å². The summed E-state index contributed by atoms with van der Waals surface area (Å²) in [4.78, 5) is 57.7. The van der Waals surface area contributed by atoms with E-state index in [0.29, 0.717) is 22.6 Å². The average Bonchev–Trinajstić information content (AvgIpc) is 4.01. The van der Waals surface area contributed by atoms with Crippen LogP contribution < -0.4 is 14.4 Å². The average molecular weight is 884 g/mol. The van der Waals surface area contributed by atoms with Crippen molar-refractivity contribution in [2.24, 2.45) is 0 Å². The fraction of sp³-hybridized carbons (Fsp3) is 0.191. The number of esters is 2. The molecule has 0 radical (unpaired) electrons. The van der Waals surface area contributed by atoms with Gasteiger partial charge in [0.1, 0.15) is 47.8 Å². The number of carbonyl (C=O) groups excluding carboxylic acids is 3. The van der Waals surface area contributed by atoms with Gasteiger partial charge in [-0.25, -0.2) is 29.5 Å². The number of thiazole rings is 1. The first-order valence-corrected chi connectivity index (χ1v) is 20.3. The molecule has 0 fully saturated rings. The molecule has 7 rings (SSSR count). The number of hydrogen-bond donors (Lipinski definition) is 1. The number of aryl methyl sites for hydroxylation is 2. The number of rotatable bonds is 13. The Labute approximate surface area is 373 Å². The van der Waals surface area contributed by atoms with Crippen molar-refractivity contribution in [1.82, 2.24) is 24.9 Å². The molecule has 4 aromatic carbocycles. The summed E-state index contributed by atoms with van der Waals surface area (Å²) in [5, 5.41) is 11.2. The molecule has 0 saturated heterocycles. The summed E-state index contributed by atoms with van der Waals surface area (Å²) >= 11 is 1.57. The third-order valence-corrected chi connectivity index (χ3v) is 9.67. The zero-order chi connectivity index (χ0) is 46.0. The molecule has 3 aromatic heterocycles. The lowest BCUT2D eigenvalue weighted by Crippen LogP contribution is -2.46. The molecule has 3 heterocycles. The Hall–Kier alpha value is -7.94. The molecule has 0 unspecified atom stereocenters. The molecule has 0 saturated carbocycles. The van der Waals surface area contributed by atoms with Crippen molar-refractivity contribution >= 4 is 51.5 Å². The number of methoxy groups -OCH3 is 4. The third kappa shape index (κ3) is 12.1. The maximum absolute atomic E-state index is 12.3. The Morgan fingerprint density at radius 1 is 0.828 bits per heavy atom. The maximum Gasteiger partial charge on any atom is 0.341 e. The van der Waals surface area contributed by atoms with Gasteiger partial charge in [-0.15, -0.1) is 11.3 Å². The van der Waals surface area contributed by atoms with Crippen molar-refractivity contribution in [1.29, 1.82) is 5.26 Å². The van der Waals surface area contributed by atoms with Crippen LogP contribution in [0.4, 0.5) is 5.69 Å². The van der Waals surface area contributed by atoms with Crippen molar-refractivity contribution in [3.05, 3.63) is 143 Å². The predicted molar refractivity (Wildman–Crippen MR) is 241 cm³/mol. The Bertz CT molecular complexity index is 2700. The van der Waals surface area contributed by atoms with Crippen LogP contribution in [0.3, 0.4) is 0 Å². The molecule has 16 nitrogen and oxygen atoms in total. The fourth-order valence-corrected chi connectivity index (χ4v) is 6.66. The largest absolute Gasteiger partial charge is 0.503 e. The van der Waals surface area contributed by atoms with Crippen LogP contribution in [0, 0.1) is 25.2 Å². The minimum atomic E-state index is -0.706. The third-order valence-electron chi connectivity index (χ3n) is 9.08. The number of anilines is 1. The van der Waals surface area contributed by atoms with E-state index in [0.717, 1.165) is 39.4 Å². The number of hydrogen-bond acceptors (Lipinski definition) is 15. The second kappa shape index (κ2) is 23.3. The van der Waals surface area contributed by atoms with Crippen molar-refractivity contribution in [3.8, 4) is 40.8 Å². The van der Waals surface area contributed by atoms with E-state index in [1.807, 2.05) is 67.2 Å². The van der Waals surface area contributed by atoms with E-state index in [-0.39, 0.29) is 29.8 Å². The van der Waals surface area contributed by atoms with E-state index in [4.69, 9.17) is 28.4 Å². The molecule has 64 heavy (non-hydrogen) atoms. The SMILES string of the molecule is CO/C=C(/C(=O)OC)c1ccccc1Oc1cc(Oc2ccccc2C#N)ncn1.COCC(=O)N(c1c(C)cccc1C)[C@H](C)C(=O)OC.c1ccc2[nH]c(-c3cscn3)nc2c1. The number of nitrogens with zero attached hydrogens (tertiary/aromatic N) is 6. The maximum atomic E-state index is 12.3. The molecule has 0 aliphatic heterocycles. The van der Waals surface area contributed by atoms with E-state index in [9.17, 15) is 19.6 Å². The number of para-hydroxylation sites is 5. The number of carbonyl (C=O) groups is 3. The van der Waals surface area contributed by atoms with E-state index >= 15 is 0 Å². The molecule has 0 bridgehead atoms. The van der Waals surface area contributed by atoms with Crippen molar-refractivity contribution in [3.63, 3.8) is 0 Å². The van der Waals surface area contributed by atoms with Crippen LogP contribution in [0.2, 0.25) is 0 Å². The smallest absolute Gasteiger partial charge is 0.341 e. The molecule has 0 aliphatic rings. The van der Waals surface area contributed by atoms with Gasteiger partial charge in [0.15, 0.2) is 5.82 Å². The zero-order valence-corrected chi connectivity index (χ0v) is 36.9. The highest BCUT2D eigenvalue weighted by Crippen LogP contribution is 2.32. The second-order valence-electron chi connectivity index (χ2n) is 13.4. The number of nitrogens with one attached hydrogen (secondary N) is 1. The molecular weight excluding hydrogens is 839 g/mol. The summed E-state index contributed by atoms with van der Waals surface area (Å²) in [6.45, 7) is 5.36. The number of fused-ring (bicyclic) bond motifs is 1. The first-order valence-electron chi connectivity index (χ1n) is 19.4. The summed E-state index contributed by atoms with van der Waals surface area (Å²) in [6.07, 6.45) is 2.55. The first-order chi connectivity index (χ1) is 31.0. The molecule has 328 valence electrons. The van der Waals surface area contributed by atoms with Gasteiger partial charge in [-0.2, -0.15) is 5.26 Å². The minimum Gasteiger partial charge on any atom is -0.503 e. The van der Waals surface area contributed by atoms with Crippen LogP contribution >= 0.6 is 11.3 Å². The van der Waals surface area contributed by atoms with Crippen LogP contribution in [0.5, 0.6) is 23.3 Å². The molecule has 17 heteroatoms. The molecule has 0 aliphatic carbocycles. The van der Waals surface area contributed by atoms with E-state index in [1.54, 1.807) is 66.8 Å². The Morgan fingerprint density at radius 3 is 2.11 bits per heavy atom. The quantitative estimate of drug-likeness (QED) is 0.0655. The Balaban J connectivity index is 0.000000194. The highest BCUT2D eigenvalue weighted by Gasteiger charge is 2.30. The summed E-state index contributed by atoms with van der Waals surface area (Å²) in [5.74, 6) is 0.624. The van der Waals surface area contributed by atoms with Gasteiger partial charge in [-0.3, -0.25) is 9.69 Å². The number of benzene rings is 4. The number of nitriles is 1. The van der Waals surface area contributed by atoms with Crippen molar-refractivity contribution in [2.45, 2.75) is 26.8 Å². The summed E-state index contributed by atoms with van der Waals surface area (Å²) in [7, 11) is 5.47. The second-order valence-corrected chi connectivity index (χ2v) is 14.1. The van der Waals surface area contributed by atoms with Crippen LogP contribution in [-0.4, -0.2) is 83.9 Å². The lowest BCUT2D eigenvalue weighted by molar-refractivity contribution is -0.143. The molecule has 1 atom stereocenters. The van der Waals surface area contributed by atoms with E-state index < -0.39 is 18.0 Å². The molecule has 1 amide bonds. The number of ether oxygens (including phenoxy) is 6. The van der Waals surface area contributed by atoms with Gasteiger partial charge in [0, 0.05) is 18.1 Å². The summed E-state index contributed by atoms with van der Waals surface area (Å²) in [6, 6.07) is 30.2. The lowest BCUT2D eigenvalue weighted by Gasteiger charge is -2.30. The summed E-state index contributed by atoms with van der Waals surface area (Å²) < 4.78 is 31.0. The highest BCUT2D eigenvalue weighted by atomic mass is 32.1. The van der Waals surface area contributed by atoms with Crippen LogP contribution in [-0.2, 0) is 33.3 Å². The van der Waals surface area contributed by atoms with Crippen molar-refractivity contribution in [2.75, 3.05) is 39.9 Å². The predicted octanol–water partition coefficient (Wildman–Crippen LogP) is 8.62. The number of H-pyrrole nitrogens is 1. The van der Waals surface area contributed by atoms with E-state index in [1.165, 1.54) is 52.0 Å². The Kier molecular flexibility index (Phi) is 17.2. The first kappa shape index (κ1) is 47.1. The van der Waals surface area contributed by atoms with E-state index in [2.05, 4.69) is 31.0 Å². The number of aromatic amines is 1. The molecular formula is C47H45N7O9S.